The Morgan fingerprint density at radius 2 is 2.04 bits per heavy atom. The van der Waals surface area contributed by atoms with Gasteiger partial charge in [-0.2, -0.15) is 0 Å². The molecular formula is C20H22N2O2S. The van der Waals surface area contributed by atoms with Gasteiger partial charge in [0.1, 0.15) is 5.52 Å². The quantitative estimate of drug-likeness (QED) is 0.508. The highest BCUT2D eigenvalue weighted by atomic mass is 32.2. The van der Waals surface area contributed by atoms with Gasteiger partial charge in [0.15, 0.2) is 5.58 Å². The largest absolute Gasteiger partial charge is 0.431 e. The lowest BCUT2D eigenvalue weighted by molar-refractivity contribution is -0.118. The van der Waals surface area contributed by atoms with Gasteiger partial charge in [-0.15, -0.1) is 0 Å². The Bertz CT molecular complexity index is 840. The van der Waals surface area contributed by atoms with Gasteiger partial charge in [-0.05, 0) is 49.9 Å². The molecule has 1 heterocycles. The van der Waals surface area contributed by atoms with Gasteiger partial charge in [-0.1, -0.05) is 47.7 Å². The molecule has 3 rings (SSSR count). The summed E-state index contributed by atoms with van der Waals surface area (Å²) in [6.45, 7) is 4.92. The lowest BCUT2D eigenvalue weighted by Gasteiger charge is -2.07. The van der Waals surface area contributed by atoms with Crippen molar-refractivity contribution in [3.8, 4) is 0 Å². The molecule has 0 saturated carbocycles. The van der Waals surface area contributed by atoms with E-state index >= 15 is 0 Å². The number of aryl methyl sites for hydroxylation is 3. The normalized spacial score (nSPS) is 11.0. The van der Waals surface area contributed by atoms with Crippen LogP contribution in [0.5, 0.6) is 0 Å². The van der Waals surface area contributed by atoms with Crippen molar-refractivity contribution in [3.63, 3.8) is 0 Å². The van der Waals surface area contributed by atoms with Crippen LogP contribution >= 0.6 is 11.8 Å². The highest BCUT2D eigenvalue weighted by molar-refractivity contribution is 7.99. The number of aromatic nitrogens is 1. The first-order valence-corrected chi connectivity index (χ1v) is 9.41. The number of fused-ring (bicyclic) bond motifs is 1. The predicted octanol–water partition coefficient (Wildman–Crippen LogP) is 4.29. The summed E-state index contributed by atoms with van der Waals surface area (Å²) in [7, 11) is 0. The number of nitrogens with zero attached hydrogens (tertiary/aromatic N) is 1. The number of benzene rings is 2. The van der Waals surface area contributed by atoms with Gasteiger partial charge < -0.3 is 9.73 Å². The molecule has 0 bridgehead atoms. The van der Waals surface area contributed by atoms with E-state index in [0.29, 0.717) is 17.5 Å². The second-order valence-corrected chi connectivity index (χ2v) is 7.05. The van der Waals surface area contributed by atoms with Crippen LogP contribution in [0.2, 0.25) is 0 Å². The topological polar surface area (TPSA) is 55.1 Å². The lowest BCUT2D eigenvalue weighted by atomic mass is 10.0. The molecule has 4 nitrogen and oxygen atoms in total. The Balaban J connectivity index is 1.39. The number of hydrogen-bond acceptors (Lipinski definition) is 4. The molecule has 0 unspecified atom stereocenters. The second-order valence-electron chi connectivity index (χ2n) is 6.12. The Hall–Kier alpha value is -2.27. The van der Waals surface area contributed by atoms with Crippen molar-refractivity contribution < 1.29 is 9.21 Å². The second kappa shape index (κ2) is 8.21. The minimum Gasteiger partial charge on any atom is -0.431 e. The van der Waals surface area contributed by atoms with Crippen LogP contribution in [0.3, 0.4) is 0 Å². The maximum Gasteiger partial charge on any atom is 0.257 e. The smallest absolute Gasteiger partial charge is 0.257 e. The molecule has 25 heavy (non-hydrogen) atoms. The first-order valence-electron chi connectivity index (χ1n) is 8.43. The van der Waals surface area contributed by atoms with E-state index in [-0.39, 0.29) is 5.91 Å². The third kappa shape index (κ3) is 4.86. The number of rotatable bonds is 7. The van der Waals surface area contributed by atoms with Crippen molar-refractivity contribution in [3.05, 3.63) is 59.2 Å². The summed E-state index contributed by atoms with van der Waals surface area (Å²) in [6, 6.07) is 14.1. The number of carbonyl (C=O) groups is 1. The highest BCUT2D eigenvalue weighted by Crippen LogP contribution is 2.22. The fourth-order valence-corrected chi connectivity index (χ4v) is 3.39. The first-order chi connectivity index (χ1) is 12.1. The van der Waals surface area contributed by atoms with Crippen LogP contribution in [0.1, 0.15) is 23.1 Å². The Morgan fingerprint density at radius 1 is 1.20 bits per heavy atom. The summed E-state index contributed by atoms with van der Waals surface area (Å²) < 4.78 is 5.60. The molecule has 2 aromatic carbocycles. The zero-order chi connectivity index (χ0) is 17.6. The van der Waals surface area contributed by atoms with E-state index in [0.717, 1.165) is 23.9 Å². The maximum atomic E-state index is 12.0. The molecule has 3 aromatic rings. The summed E-state index contributed by atoms with van der Waals surface area (Å²) in [5.74, 6) is 0.323. The Kier molecular flexibility index (Phi) is 5.76. The number of para-hydroxylation sites is 2. The summed E-state index contributed by atoms with van der Waals surface area (Å²) >= 11 is 1.32. The summed E-state index contributed by atoms with van der Waals surface area (Å²) in [5.41, 5.74) is 5.52. The minimum absolute atomic E-state index is 0.00730. The van der Waals surface area contributed by atoms with E-state index in [1.165, 1.54) is 28.5 Å². The van der Waals surface area contributed by atoms with E-state index in [1.54, 1.807) is 0 Å². The average Bonchev–Trinajstić information content (AvgIpc) is 3.01. The van der Waals surface area contributed by atoms with E-state index in [1.807, 2.05) is 24.3 Å². The van der Waals surface area contributed by atoms with Crippen molar-refractivity contribution in [2.75, 3.05) is 12.3 Å². The molecule has 0 fully saturated rings. The van der Waals surface area contributed by atoms with Crippen molar-refractivity contribution in [1.82, 2.24) is 10.3 Å². The van der Waals surface area contributed by atoms with Crippen LogP contribution in [0.15, 0.2) is 52.1 Å². The van der Waals surface area contributed by atoms with Crippen LogP contribution in [0.4, 0.5) is 0 Å². The zero-order valence-corrected chi connectivity index (χ0v) is 15.4. The van der Waals surface area contributed by atoms with Gasteiger partial charge in [0, 0.05) is 6.54 Å². The molecule has 0 radical (unpaired) electrons. The number of carbonyl (C=O) groups excluding carboxylic acids is 1. The van der Waals surface area contributed by atoms with Crippen molar-refractivity contribution >= 4 is 28.8 Å². The lowest BCUT2D eigenvalue weighted by Crippen LogP contribution is -2.26. The predicted molar refractivity (Wildman–Crippen MR) is 102 cm³/mol. The van der Waals surface area contributed by atoms with Gasteiger partial charge in [-0.25, -0.2) is 4.98 Å². The standard InChI is InChI=1S/C20H22N2O2S/c1-14-9-10-16(15(2)12-14)6-5-11-21-19(23)13-25-20-22-17-7-3-4-8-18(17)24-20/h3-4,7-10,12H,5-6,11,13H2,1-2H3,(H,21,23). The molecular weight excluding hydrogens is 332 g/mol. The van der Waals surface area contributed by atoms with Gasteiger partial charge in [-0.3, -0.25) is 4.79 Å². The summed E-state index contributed by atoms with van der Waals surface area (Å²) in [5, 5.41) is 3.49. The van der Waals surface area contributed by atoms with E-state index < -0.39 is 0 Å². The van der Waals surface area contributed by atoms with Gasteiger partial charge in [0.05, 0.1) is 5.75 Å². The molecule has 1 amide bonds. The van der Waals surface area contributed by atoms with Crippen LogP contribution in [-0.2, 0) is 11.2 Å². The molecule has 0 aliphatic heterocycles. The molecule has 0 saturated heterocycles. The third-order valence-corrected chi connectivity index (χ3v) is 4.87. The molecule has 1 N–H and O–H groups in total. The average molecular weight is 354 g/mol. The van der Waals surface area contributed by atoms with Crippen LogP contribution in [0.25, 0.3) is 11.1 Å². The van der Waals surface area contributed by atoms with Crippen molar-refractivity contribution in [2.45, 2.75) is 31.9 Å². The summed E-state index contributed by atoms with van der Waals surface area (Å²) in [4.78, 5) is 16.3. The zero-order valence-electron chi connectivity index (χ0n) is 14.5. The first kappa shape index (κ1) is 17.5. The van der Waals surface area contributed by atoms with Crippen LogP contribution in [-0.4, -0.2) is 23.2 Å². The molecule has 0 spiro atoms. The van der Waals surface area contributed by atoms with Crippen molar-refractivity contribution in [2.24, 2.45) is 0 Å². The van der Waals surface area contributed by atoms with Crippen molar-refractivity contribution in [1.29, 1.82) is 0 Å². The number of hydrogen-bond donors (Lipinski definition) is 1. The number of oxazole rings is 1. The van der Waals surface area contributed by atoms with Gasteiger partial charge >= 0.3 is 0 Å². The molecule has 1 aromatic heterocycles. The maximum absolute atomic E-state index is 12.0. The van der Waals surface area contributed by atoms with E-state index in [9.17, 15) is 4.79 Å². The molecule has 0 aliphatic carbocycles. The highest BCUT2D eigenvalue weighted by Gasteiger charge is 2.08. The fourth-order valence-electron chi connectivity index (χ4n) is 2.72. The van der Waals surface area contributed by atoms with E-state index in [2.05, 4.69) is 42.3 Å². The van der Waals surface area contributed by atoms with Crippen LogP contribution < -0.4 is 5.32 Å². The fraction of sp³-hybridized carbons (Fsp3) is 0.300. The SMILES string of the molecule is Cc1ccc(CCCNC(=O)CSc2nc3ccccc3o2)c(C)c1. The molecule has 130 valence electrons. The third-order valence-electron chi connectivity index (χ3n) is 4.04. The molecule has 0 aliphatic rings. The number of amides is 1. The number of thioether (sulfide) groups is 1. The van der Waals surface area contributed by atoms with Gasteiger partial charge in [0.25, 0.3) is 5.22 Å². The van der Waals surface area contributed by atoms with Crippen LogP contribution in [0, 0.1) is 13.8 Å². The minimum atomic E-state index is 0.00730. The Labute approximate surface area is 152 Å². The Morgan fingerprint density at radius 3 is 2.84 bits per heavy atom. The van der Waals surface area contributed by atoms with Gasteiger partial charge in [0.2, 0.25) is 5.91 Å². The monoisotopic (exact) mass is 354 g/mol. The summed E-state index contributed by atoms with van der Waals surface area (Å²) in [6.07, 6.45) is 1.91. The molecule has 0 atom stereocenters. The van der Waals surface area contributed by atoms with E-state index in [4.69, 9.17) is 4.42 Å². The number of nitrogens with one attached hydrogen (secondary N) is 1. The molecule has 5 heteroatoms.